The van der Waals surface area contributed by atoms with Crippen molar-refractivity contribution in [2.75, 3.05) is 19.5 Å². The molecule has 20 heavy (non-hydrogen) atoms. The zero-order chi connectivity index (χ0) is 14.7. The Bertz CT molecular complexity index is 677. The van der Waals surface area contributed by atoms with Crippen molar-refractivity contribution in [1.82, 2.24) is 4.57 Å². The van der Waals surface area contributed by atoms with Gasteiger partial charge < -0.3 is 19.8 Å². The number of rotatable bonds is 5. The zero-order valence-corrected chi connectivity index (χ0v) is 12.1. The van der Waals surface area contributed by atoms with Crippen LogP contribution in [0.15, 0.2) is 23.0 Å². The van der Waals surface area contributed by atoms with Crippen LogP contribution in [0.25, 0.3) is 10.9 Å². The molecule has 108 valence electrons. The maximum Gasteiger partial charge on any atom is 0.297 e. The van der Waals surface area contributed by atoms with Crippen molar-refractivity contribution in [2.24, 2.45) is 7.05 Å². The Morgan fingerprint density at radius 1 is 1.30 bits per heavy atom. The first-order chi connectivity index (χ1) is 9.60. The minimum atomic E-state index is -0.212. The summed E-state index contributed by atoms with van der Waals surface area (Å²) in [5.74, 6) is 0.736. The van der Waals surface area contributed by atoms with Crippen LogP contribution in [-0.4, -0.2) is 18.3 Å². The van der Waals surface area contributed by atoms with E-state index >= 15 is 0 Å². The van der Waals surface area contributed by atoms with E-state index in [0.29, 0.717) is 18.0 Å². The highest BCUT2D eigenvalue weighted by atomic mass is 16.5. The number of nitrogens with zero attached hydrogens (tertiary/aromatic N) is 1. The molecule has 1 aromatic carbocycles. The van der Waals surface area contributed by atoms with Crippen molar-refractivity contribution in [3.63, 3.8) is 0 Å². The molecule has 0 aliphatic rings. The fourth-order valence-electron chi connectivity index (χ4n) is 2.15. The number of fused-ring (bicyclic) bond motifs is 1. The Kier molecular flexibility index (Phi) is 4.17. The van der Waals surface area contributed by atoms with Gasteiger partial charge in [-0.1, -0.05) is 13.3 Å². The molecule has 0 aliphatic heterocycles. The lowest BCUT2D eigenvalue weighted by molar-refractivity contribution is 0.284. The summed E-state index contributed by atoms with van der Waals surface area (Å²) in [6.45, 7) is 2.57. The van der Waals surface area contributed by atoms with Gasteiger partial charge in [0.1, 0.15) is 0 Å². The summed E-state index contributed by atoms with van der Waals surface area (Å²) >= 11 is 0. The fourth-order valence-corrected chi connectivity index (χ4v) is 2.15. The van der Waals surface area contributed by atoms with Gasteiger partial charge in [-0.25, -0.2) is 0 Å². The Labute approximate surface area is 117 Å². The Hall–Kier alpha value is -2.17. The number of benzene rings is 1. The van der Waals surface area contributed by atoms with Gasteiger partial charge in [-0.3, -0.25) is 4.79 Å². The Morgan fingerprint density at radius 3 is 2.70 bits per heavy atom. The normalized spacial score (nSPS) is 10.8. The molecule has 0 atom stereocenters. The first kappa shape index (κ1) is 14.2. The van der Waals surface area contributed by atoms with Gasteiger partial charge >= 0.3 is 0 Å². The number of hydrogen-bond donors (Lipinski definition) is 1. The predicted octanol–water partition coefficient (Wildman–Crippen LogP) is 2.31. The van der Waals surface area contributed by atoms with Crippen LogP contribution in [0.1, 0.15) is 19.8 Å². The van der Waals surface area contributed by atoms with Crippen LogP contribution in [0, 0.1) is 0 Å². The lowest BCUT2D eigenvalue weighted by atomic mass is 10.1. The molecule has 0 spiro atoms. The molecule has 0 aliphatic carbocycles. The predicted molar refractivity (Wildman–Crippen MR) is 80.6 cm³/mol. The van der Waals surface area contributed by atoms with Crippen LogP contribution in [0.2, 0.25) is 0 Å². The summed E-state index contributed by atoms with van der Waals surface area (Å²) in [4.78, 5) is 12.4. The topological polar surface area (TPSA) is 66.5 Å². The molecule has 1 heterocycles. The molecular weight excluding hydrogens is 256 g/mol. The van der Waals surface area contributed by atoms with E-state index in [9.17, 15) is 4.79 Å². The van der Waals surface area contributed by atoms with E-state index in [4.69, 9.17) is 15.2 Å². The molecule has 2 N–H and O–H groups in total. The third kappa shape index (κ3) is 2.43. The molecule has 0 bridgehead atoms. The van der Waals surface area contributed by atoms with Crippen molar-refractivity contribution in [2.45, 2.75) is 19.8 Å². The van der Waals surface area contributed by atoms with Crippen LogP contribution in [0.3, 0.4) is 0 Å². The van der Waals surface area contributed by atoms with Crippen molar-refractivity contribution < 1.29 is 9.47 Å². The molecule has 5 heteroatoms. The van der Waals surface area contributed by atoms with Crippen LogP contribution in [-0.2, 0) is 7.05 Å². The number of ether oxygens (including phenoxy) is 2. The summed E-state index contributed by atoms with van der Waals surface area (Å²) in [5, 5.41) is 0.815. The smallest absolute Gasteiger partial charge is 0.297 e. The highest BCUT2D eigenvalue weighted by Gasteiger charge is 2.17. The van der Waals surface area contributed by atoms with Crippen LogP contribution < -0.4 is 20.8 Å². The number of methoxy groups -OCH3 is 1. The number of pyridine rings is 1. The molecule has 2 rings (SSSR count). The number of unbranched alkanes of at least 4 members (excludes halogenated alkanes) is 1. The first-order valence-electron chi connectivity index (χ1n) is 6.69. The first-order valence-corrected chi connectivity index (χ1v) is 6.69. The monoisotopic (exact) mass is 276 g/mol. The van der Waals surface area contributed by atoms with Crippen molar-refractivity contribution in [1.29, 1.82) is 0 Å². The molecule has 1 aromatic heterocycles. The third-order valence-corrected chi connectivity index (χ3v) is 3.28. The summed E-state index contributed by atoms with van der Waals surface area (Å²) in [7, 11) is 3.24. The molecular formula is C15H20N2O3. The van der Waals surface area contributed by atoms with E-state index in [1.165, 1.54) is 11.7 Å². The average molecular weight is 276 g/mol. The zero-order valence-electron chi connectivity index (χ0n) is 12.1. The van der Waals surface area contributed by atoms with E-state index < -0.39 is 0 Å². The quantitative estimate of drug-likeness (QED) is 0.672. The van der Waals surface area contributed by atoms with Gasteiger partial charge in [0.15, 0.2) is 5.75 Å². The molecule has 2 aromatic rings. The highest BCUT2D eigenvalue weighted by molar-refractivity contribution is 5.89. The lowest BCUT2D eigenvalue weighted by Gasteiger charge is -2.15. The van der Waals surface area contributed by atoms with Crippen LogP contribution in [0.5, 0.6) is 11.5 Å². The molecule has 0 saturated carbocycles. The third-order valence-electron chi connectivity index (χ3n) is 3.28. The number of hydrogen-bond acceptors (Lipinski definition) is 4. The number of anilines is 1. The molecule has 0 radical (unpaired) electrons. The van der Waals surface area contributed by atoms with Crippen molar-refractivity contribution >= 4 is 16.6 Å². The van der Waals surface area contributed by atoms with Crippen LogP contribution in [0.4, 0.5) is 5.69 Å². The maximum absolute atomic E-state index is 12.4. The van der Waals surface area contributed by atoms with Gasteiger partial charge in [-0.05, 0) is 24.6 Å². The van der Waals surface area contributed by atoms with Gasteiger partial charge in [0, 0.05) is 18.1 Å². The minimum absolute atomic E-state index is 0.212. The van der Waals surface area contributed by atoms with E-state index in [2.05, 4.69) is 6.92 Å². The van der Waals surface area contributed by atoms with Crippen molar-refractivity contribution in [3.05, 3.63) is 28.6 Å². The van der Waals surface area contributed by atoms with Crippen molar-refractivity contribution in [3.8, 4) is 11.5 Å². The molecule has 0 unspecified atom stereocenters. The summed E-state index contributed by atoms with van der Waals surface area (Å²) in [6.07, 6.45) is 1.90. The van der Waals surface area contributed by atoms with Gasteiger partial charge in [0.25, 0.3) is 5.56 Å². The molecule has 5 nitrogen and oxygen atoms in total. The van der Waals surface area contributed by atoms with Crippen LogP contribution >= 0.6 is 0 Å². The maximum atomic E-state index is 12.4. The second-order valence-electron chi connectivity index (χ2n) is 4.71. The Morgan fingerprint density at radius 2 is 2.05 bits per heavy atom. The van der Waals surface area contributed by atoms with E-state index in [1.54, 1.807) is 19.2 Å². The summed E-state index contributed by atoms with van der Waals surface area (Å²) < 4.78 is 12.6. The van der Waals surface area contributed by atoms with E-state index in [0.717, 1.165) is 23.7 Å². The highest BCUT2D eigenvalue weighted by Crippen LogP contribution is 2.33. The fraction of sp³-hybridized carbons (Fsp3) is 0.400. The second-order valence-corrected chi connectivity index (χ2v) is 4.71. The van der Waals surface area contributed by atoms with E-state index in [1.807, 2.05) is 6.07 Å². The Balaban J connectivity index is 2.65. The van der Waals surface area contributed by atoms with Gasteiger partial charge in [0.2, 0.25) is 5.75 Å². The van der Waals surface area contributed by atoms with E-state index in [-0.39, 0.29) is 11.3 Å². The molecule has 0 fully saturated rings. The standard InChI is InChI=1S/C15H20N2O3/c1-4-5-8-20-14-13(19-3)11-7-6-10(16)9-12(11)17(2)15(14)18/h6-7,9H,4-5,8,16H2,1-3H3. The SMILES string of the molecule is CCCCOc1c(OC)c2ccc(N)cc2n(C)c1=O. The largest absolute Gasteiger partial charge is 0.492 e. The molecule has 0 amide bonds. The minimum Gasteiger partial charge on any atom is -0.492 e. The average Bonchev–Trinajstić information content (AvgIpc) is 2.45. The summed E-state index contributed by atoms with van der Waals surface area (Å²) in [5.41, 5.74) is 6.91. The number of aromatic nitrogens is 1. The number of aryl methyl sites for hydroxylation is 1. The van der Waals surface area contributed by atoms with Gasteiger partial charge in [-0.2, -0.15) is 0 Å². The molecule has 0 saturated heterocycles. The van der Waals surface area contributed by atoms with Gasteiger partial charge in [0.05, 0.1) is 19.2 Å². The summed E-state index contributed by atoms with van der Waals surface area (Å²) in [6, 6.07) is 5.38. The van der Waals surface area contributed by atoms with Gasteiger partial charge in [-0.15, -0.1) is 0 Å². The number of nitrogens with two attached hydrogens (primary N) is 1. The lowest BCUT2D eigenvalue weighted by Crippen LogP contribution is -2.21. The number of nitrogen functional groups attached to an aromatic ring is 1. The second kappa shape index (κ2) is 5.86.